The first kappa shape index (κ1) is 14.5. The van der Waals surface area contributed by atoms with Crippen LogP contribution in [0.3, 0.4) is 0 Å². The molecule has 0 unspecified atom stereocenters. The second-order valence-electron chi connectivity index (χ2n) is 4.68. The lowest BCUT2D eigenvalue weighted by molar-refractivity contribution is -0.118. The fourth-order valence-corrected chi connectivity index (χ4v) is 2.19. The van der Waals surface area contributed by atoms with Gasteiger partial charge in [-0.25, -0.2) is 0 Å². The Labute approximate surface area is 116 Å². The van der Waals surface area contributed by atoms with Gasteiger partial charge in [0.25, 0.3) is 0 Å². The lowest BCUT2D eigenvalue weighted by Crippen LogP contribution is -2.37. The van der Waals surface area contributed by atoms with Crippen LogP contribution in [0, 0.1) is 0 Å². The lowest BCUT2D eigenvalue weighted by Gasteiger charge is -2.27. The first-order valence-electron chi connectivity index (χ1n) is 6.46. The van der Waals surface area contributed by atoms with E-state index in [9.17, 15) is 9.59 Å². The average Bonchev–Trinajstić information content (AvgIpc) is 2.42. The van der Waals surface area contributed by atoms with Crippen molar-refractivity contribution in [3.63, 3.8) is 0 Å². The number of hydrogen-bond donors (Lipinski definition) is 1. The molecule has 0 bridgehead atoms. The summed E-state index contributed by atoms with van der Waals surface area (Å²) in [6.45, 7) is 3.56. The summed E-state index contributed by atoms with van der Waals surface area (Å²) in [6.07, 6.45) is 1.53. The molecule has 0 spiro atoms. The minimum absolute atomic E-state index is 0.0241. The first-order chi connectivity index (χ1) is 9.60. The van der Waals surface area contributed by atoms with Gasteiger partial charge in [-0.2, -0.15) is 0 Å². The fraction of sp³-hybridized carbons (Fsp3) is 0.538. The van der Waals surface area contributed by atoms with E-state index in [4.69, 9.17) is 15.2 Å². The minimum atomic E-state index is -0.459. The Bertz CT molecular complexity index is 535. The highest BCUT2D eigenvalue weighted by molar-refractivity contribution is 5.73. The molecule has 7 nitrogen and oxygen atoms in total. The molecule has 0 saturated carbocycles. The summed E-state index contributed by atoms with van der Waals surface area (Å²) in [7, 11) is 1.42. The molecule has 1 aromatic rings. The number of morpholine rings is 1. The van der Waals surface area contributed by atoms with Gasteiger partial charge in [0.05, 0.1) is 26.5 Å². The molecule has 7 heteroatoms. The fourth-order valence-electron chi connectivity index (χ4n) is 2.19. The predicted molar refractivity (Wildman–Crippen MR) is 72.5 cm³/mol. The molecule has 1 amide bonds. The third-order valence-electron chi connectivity index (χ3n) is 3.22. The Kier molecular flexibility index (Phi) is 4.75. The molecule has 1 saturated heterocycles. The van der Waals surface area contributed by atoms with Gasteiger partial charge in [0.1, 0.15) is 6.54 Å². The quantitative estimate of drug-likeness (QED) is 0.761. The lowest BCUT2D eigenvalue weighted by atomic mass is 10.2. The number of amides is 1. The van der Waals surface area contributed by atoms with Crippen LogP contribution in [0.2, 0.25) is 0 Å². The number of ether oxygens (including phenoxy) is 2. The maximum absolute atomic E-state index is 11.9. The third-order valence-corrected chi connectivity index (χ3v) is 3.22. The summed E-state index contributed by atoms with van der Waals surface area (Å²) in [5.41, 5.74) is 5.79. The summed E-state index contributed by atoms with van der Waals surface area (Å²) in [6, 6.07) is 1.50. The van der Waals surface area contributed by atoms with Crippen LogP contribution in [0.15, 0.2) is 17.1 Å². The Morgan fingerprint density at radius 1 is 1.45 bits per heavy atom. The van der Waals surface area contributed by atoms with Gasteiger partial charge >= 0.3 is 0 Å². The maximum atomic E-state index is 11.9. The number of hydrogen-bond acceptors (Lipinski definition) is 5. The van der Waals surface area contributed by atoms with Crippen molar-refractivity contribution in [3.8, 4) is 5.75 Å². The summed E-state index contributed by atoms with van der Waals surface area (Å²) in [4.78, 5) is 25.2. The molecule has 2 heterocycles. The van der Waals surface area contributed by atoms with E-state index in [2.05, 4.69) is 4.90 Å². The highest BCUT2D eigenvalue weighted by Gasteiger charge is 2.15. The zero-order valence-electron chi connectivity index (χ0n) is 11.5. The van der Waals surface area contributed by atoms with Gasteiger partial charge in [-0.15, -0.1) is 0 Å². The SMILES string of the molecule is COc1cn(CC(N)=O)c(CN2CCOCC2)cc1=O. The molecule has 1 aliphatic rings. The van der Waals surface area contributed by atoms with Gasteiger partial charge in [0, 0.05) is 31.4 Å². The van der Waals surface area contributed by atoms with Crippen molar-refractivity contribution in [3.05, 3.63) is 28.2 Å². The highest BCUT2D eigenvalue weighted by Crippen LogP contribution is 2.10. The van der Waals surface area contributed by atoms with Crippen LogP contribution in [0.5, 0.6) is 5.75 Å². The number of methoxy groups -OCH3 is 1. The van der Waals surface area contributed by atoms with E-state index in [1.54, 1.807) is 4.57 Å². The smallest absolute Gasteiger partial charge is 0.237 e. The number of nitrogens with zero attached hydrogens (tertiary/aromatic N) is 2. The molecule has 0 aliphatic carbocycles. The predicted octanol–water partition coefficient (Wildman–Crippen LogP) is -0.826. The van der Waals surface area contributed by atoms with Gasteiger partial charge in [0.15, 0.2) is 5.75 Å². The number of carbonyl (C=O) groups excluding carboxylic acids is 1. The standard InChI is InChI=1S/C13H19N3O4/c1-19-12-8-16(9-13(14)18)10(6-11(12)17)7-15-2-4-20-5-3-15/h6,8H,2-5,7,9H2,1H3,(H2,14,18). The van der Waals surface area contributed by atoms with Crippen LogP contribution in [-0.4, -0.2) is 48.8 Å². The van der Waals surface area contributed by atoms with Gasteiger partial charge in [-0.3, -0.25) is 14.5 Å². The van der Waals surface area contributed by atoms with Gasteiger partial charge in [0.2, 0.25) is 11.3 Å². The number of pyridine rings is 1. The highest BCUT2D eigenvalue weighted by atomic mass is 16.5. The van der Waals surface area contributed by atoms with Crippen molar-refractivity contribution in [2.24, 2.45) is 5.73 Å². The molecule has 2 rings (SSSR count). The van der Waals surface area contributed by atoms with Crippen molar-refractivity contribution < 1.29 is 14.3 Å². The summed E-state index contributed by atoms with van der Waals surface area (Å²) >= 11 is 0. The number of primary amides is 1. The van der Waals surface area contributed by atoms with E-state index in [1.165, 1.54) is 19.4 Å². The molecule has 1 fully saturated rings. The normalized spacial score (nSPS) is 16.1. The van der Waals surface area contributed by atoms with Crippen molar-refractivity contribution >= 4 is 5.91 Å². The van der Waals surface area contributed by atoms with Crippen LogP contribution >= 0.6 is 0 Å². The van der Waals surface area contributed by atoms with E-state index in [0.29, 0.717) is 19.8 Å². The van der Waals surface area contributed by atoms with Gasteiger partial charge < -0.3 is 19.8 Å². The molecular weight excluding hydrogens is 262 g/mol. The Balaban J connectivity index is 2.26. The number of aromatic nitrogens is 1. The number of nitrogens with two attached hydrogens (primary N) is 1. The van der Waals surface area contributed by atoms with Crippen LogP contribution in [0.25, 0.3) is 0 Å². The Morgan fingerprint density at radius 3 is 2.75 bits per heavy atom. The third kappa shape index (κ3) is 3.58. The van der Waals surface area contributed by atoms with Crippen LogP contribution < -0.4 is 15.9 Å². The monoisotopic (exact) mass is 281 g/mol. The largest absolute Gasteiger partial charge is 0.491 e. The van der Waals surface area contributed by atoms with Crippen molar-refractivity contribution in [2.45, 2.75) is 13.1 Å². The van der Waals surface area contributed by atoms with E-state index in [0.717, 1.165) is 18.8 Å². The van der Waals surface area contributed by atoms with Crippen LogP contribution in [-0.2, 0) is 22.6 Å². The molecule has 20 heavy (non-hydrogen) atoms. The van der Waals surface area contributed by atoms with E-state index in [1.807, 2.05) is 0 Å². The number of rotatable bonds is 5. The molecule has 0 atom stereocenters. The van der Waals surface area contributed by atoms with Crippen LogP contribution in [0.4, 0.5) is 0 Å². The van der Waals surface area contributed by atoms with E-state index in [-0.39, 0.29) is 17.7 Å². The van der Waals surface area contributed by atoms with E-state index < -0.39 is 5.91 Å². The topological polar surface area (TPSA) is 86.8 Å². The molecule has 0 radical (unpaired) electrons. The molecule has 2 N–H and O–H groups in total. The number of carbonyl (C=O) groups is 1. The summed E-state index contributed by atoms with van der Waals surface area (Å²) < 4.78 is 11.9. The maximum Gasteiger partial charge on any atom is 0.237 e. The molecule has 1 aliphatic heterocycles. The molecule has 0 aromatic carbocycles. The molecular formula is C13H19N3O4. The van der Waals surface area contributed by atoms with E-state index >= 15 is 0 Å². The van der Waals surface area contributed by atoms with Crippen LogP contribution in [0.1, 0.15) is 5.69 Å². The zero-order chi connectivity index (χ0) is 14.5. The van der Waals surface area contributed by atoms with Crippen molar-refractivity contribution in [2.75, 3.05) is 33.4 Å². The zero-order valence-corrected chi connectivity index (χ0v) is 11.5. The minimum Gasteiger partial charge on any atom is -0.491 e. The second kappa shape index (κ2) is 6.53. The molecule has 110 valence electrons. The summed E-state index contributed by atoms with van der Waals surface area (Å²) in [5, 5.41) is 0. The van der Waals surface area contributed by atoms with Crippen molar-refractivity contribution in [1.29, 1.82) is 0 Å². The Morgan fingerprint density at radius 2 is 2.15 bits per heavy atom. The molecule has 1 aromatic heterocycles. The van der Waals surface area contributed by atoms with Gasteiger partial charge in [-0.05, 0) is 0 Å². The Hall–Kier alpha value is -1.86. The average molecular weight is 281 g/mol. The first-order valence-corrected chi connectivity index (χ1v) is 6.46. The van der Waals surface area contributed by atoms with Crippen molar-refractivity contribution in [1.82, 2.24) is 9.47 Å². The van der Waals surface area contributed by atoms with Gasteiger partial charge in [-0.1, -0.05) is 0 Å². The summed E-state index contributed by atoms with van der Waals surface area (Å²) in [5.74, 6) is -0.254. The second-order valence-corrected chi connectivity index (χ2v) is 4.68.